The van der Waals surface area contributed by atoms with Crippen molar-refractivity contribution in [1.29, 1.82) is 0 Å². The van der Waals surface area contributed by atoms with Crippen molar-refractivity contribution >= 4 is 29.1 Å². The molecule has 0 unspecified atom stereocenters. The summed E-state index contributed by atoms with van der Waals surface area (Å²) in [5.74, 6) is 0.352. The van der Waals surface area contributed by atoms with Gasteiger partial charge in [-0.3, -0.25) is 9.59 Å². The molecule has 0 saturated carbocycles. The van der Waals surface area contributed by atoms with E-state index in [-0.39, 0.29) is 18.4 Å². The van der Waals surface area contributed by atoms with Crippen molar-refractivity contribution in [2.75, 3.05) is 26.0 Å². The molecule has 1 N–H and O–H groups in total. The molecule has 0 aliphatic rings. The number of amides is 2. The second kappa shape index (κ2) is 8.72. The van der Waals surface area contributed by atoms with E-state index in [1.54, 1.807) is 37.4 Å². The minimum absolute atomic E-state index is 0.0829. The number of carbonyl (C=O) groups excluding carboxylic acids is 2. The van der Waals surface area contributed by atoms with E-state index in [1.807, 2.05) is 12.1 Å². The Hall–Kier alpha value is -2.53. The standard InChI is InChI=1S/C20H23ClN2O3/c1-13(2)14-5-7-15(8-6-14)20(25)23(3)12-19(24)22-17-11-16(21)9-10-18(17)26-4/h5-11,13H,12H2,1-4H3,(H,22,24). The van der Waals surface area contributed by atoms with E-state index in [0.29, 0.717) is 27.9 Å². The van der Waals surface area contributed by atoms with Gasteiger partial charge in [-0.05, 0) is 41.8 Å². The number of anilines is 1. The first kappa shape index (κ1) is 19.8. The lowest BCUT2D eigenvalue weighted by atomic mass is 10.0. The average Bonchev–Trinajstić information content (AvgIpc) is 2.61. The van der Waals surface area contributed by atoms with Crippen LogP contribution in [0.4, 0.5) is 5.69 Å². The average molecular weight is 375 g/mol. The van der Waals surface area contributed by atoms with Gasteiger partial charge in [0, 0.05) is 17.6 Å². The van der Waals surface area contributed by atoms with Gasteiger partial charge < -0.3 is 15.0 Å². The molecule has 0 fully saturated rings. The summed E-state index contributed by atoms with van der Waals surface area (Å²) in [6.45, 7) is 4.11. The second-order valence-corrected chi connectivity index (χ2v) is 6.77. The third-order valence-electron chi connectivity index (χ3n) is 3.99. The molecule has 6 heteroatoms. The molecule has 0 aromatic heterocycles. The lowest BCUT2D eigenvalue weighted by Gasteiger charge is -2.18. The lowest BCUT2D eigenvalue weighted by molar-refractivity contribution is -0.116. The molecule has 26 heavy (non-hydrogen) atoms. The molecule has 0 spiro atoms. The van der Waals surface area contributed by atoms with Crippen molar-refractivity contribution in [1.82, 2.24) is 4.90 Å². The summed E-state index contributed by atoms with van der Waals surface area (Å²) in [5.41, 5.74) is 2.17. The molecule has 0 atom stereocenters. The summed E-state index contributed by atoms with van der Waals surface area (Å²) in [7, 11) is 3.10. The van der Waals surface area contributed by atoms with Gasteiger partial charge in [-0.2, -0.15) is 0 Å². The minimum Gasteiger partial charge on any atom is -0.495 e. The van der Waals surface area contributed by atoms with Crippen LogP contribution in [0.15, 0.2) is 42.5 Å². The van der Waals surface area contributed by atoms with Gasteiger partial charge >= 0.3 is 0 Å². The molecule has 0 radical (unpaired) electrons. The normalized spacial score (nSPS) is 10.5. The Balaban J connectivity index is 2.02. The summed E-state index contributed by atoms with van der Waals surface area (Å²) >= 11 is 5.96. The quantitative estimate of drug-likeness (QED) is 0.825. The van der Waals surface area contributed by atoms with Gasteiger partial charge in [-0.15, -0.1) is 0 Å². The van der Waals surface area contributed by atoms with Gasteiger partial charge in [-0.1, -0.05) is 37.6 Å². The molecule has 2 rings (SSSR count). The van der Waals surface area contributed by atoms with Crippen LogP contribution >= 0.6 is 11.6 Å². The largest absolute Gasteiger partial charge is 0.495 e. The fourth-order valence-electron chi connectivity index (χ4n) is 2.49. The van der Waals surface area contributed by atoms with Crippen molar-refractivity contribution < 1.29 is 14.3 Å². The number of rotatable bonds is 6. The lowest BCUT2D eigenvalue weighted by Crippen LogP contribution is -2.35. The molecular formula is C20H23ClN2O3. The number of hydrogen-bond donors (Lipinski definition) is 1. The van der Waals surface area contributed by atoms with Gasteiger partial charge in [0.25, 0.3) is 5.91 Å². The monoisotopic (exact) mass is 374 g/mol. The van der Waals surface area contributed by atoms with Crippen molar-refractivity contribution in [3.63, 3.8) is 0 Å². The highest BCUT2D eigenvalue weighted by Gasteiger charge is 2.16. The molecule has 0 saturated heterocycles. The Bertz CT molecular complexity index is 788. The molecular weight excluding hydrogens is 352 g/mol. The van der Waals surface area contributed by atoms with Crippen molar-refractivity contribution in [3.8, 4) is 5.75 Å². The van der Waals surface area contributed by atoms with E-state index < -0.39 is 0 Å². The SMILES string of the molecule is COc1ccc(Cl)cc1NC(=O)CN(C)C(=O)c1ccc(C(C)C)cc1. The number of benzene rings is 2. The number of nitrogens with one attached hydrogen (secondary N) is 1. The summed E-state index contributed by atoms with van der Waals surface area (Å²) in [4.78, 5) is 26.1. The highest BCUT2D eigenvalue weighted by molar-refractivity contribution is 6.31. The van der Waals surface area contributed by atoms with E-state index in [4.69, 9.17) is 16.3 Å². The van der Waals surface area contributed by atoms with Crippen LogP contribution in [0.2, 0.25) is 5.02 Å². The molecule has 0 aliphatic carbocycles. The van der Waals surface area contributed by atoms with Crippen molar-refractivity contribution in [2.24, 2.45) is 0 Å². The van der Waals surface area contributed by atoms with E-state index in [1.165, 1.54) is 12.0 Å². The molecule has 0 aliphatic heterocycles. The number of methoxy groups -OCH3 is 1. The van der Waals surface area contributed by atoms with Crippen LogP contribution in [-0.4, -0.2) is 37.4 Å². The zero-order chi connectivity index (χ0) is 19.3. The number of halogens is 1. The van der Waals surface area contributed by atoms with Crippen LogP contribution in [0.3, 0.4) is 0 Å². The molecule has 0 heterocycles. The van der Waals surface area contributed by atoms with Gasteiger partial charge in [0.15, 0.2) is 0 Å². The van der Waals surface area contributed by atoms with Gasteiger partial charge in [-0.25, -0.2) is 0 Å². The third-order valence-corrected chi connectivity index (χ3v) is 4.22. The van der Waals surface area contributed by atoms with Crippen LogP contribution in [-0.2, 0) is 4.79 Å². The van der Waals surface area contributed by atoms with Crippen LogP contribution < -0.4 is 10.1 Å². The van der Waals surface area contributed by atoms with Crippen molar-refractivity contribution in [2.45, 2.75) is 19.8 Å². The van der Waals surface area contributed by atoms with Crippen LogP contribution in [0, 0.1) is 0 Å². The Kier molecular flexibility index (Phi) is 6.64. The summed E-state index contributed by atoms with van der Waals surface area (Å²) in [5, 5.41) is 3.20. The Labute approximate surface area is 158 Å². The number of nitrogens with zero attached hydrogens (tertiary/aromatic N) is 1. The van der Waals surface area contributed by atoms with E-state index in [0.717, 1.165) is 5.56 Å². The first-order valence-corrected chi connectivity index (χ1v) is 8.68. The maximum atomic E-state index is 12.5. The first-order valence-electron chi connectivity index (χ1n) is 8.30. The Morgan fingerprint density at radius 1 is 1.15 bits per heavy atom. The fourth-order valence-corrected chi connectivity index (χ4v) is 2.66. The summed E-state index contributed by atoms with van der Waals surface area (Å²) in [6, 6.07) is 12.4. The van der Waals surface area contributed by atoms with Gasteiger partial charge in [0.05, 0.1) is 19.3 Å². The smallest absolute Gasteiger partial charge is 0.254 e. The highest BCUT2D eigenvalue weighted by Crippen LogP contribution is 2.27. The van der Waals surface area contributed by atoms with Gasteiger partial charge in [0.2, 0.25) is 5.91 Å². The summed E-state index contributed by atoms with van der Waals surface area (Å²) < 4.78 is 5.20. The number of likely N-dealkylation sites (N-methyl/N-ethyl adjacent to an activating group) is 1. The summed E-state index contributed by atoms with van der Waals surface area (Å²) in [6.07, 6.45) is 0. The number of hydrogen-bond acceptors (Lipinski definition) is 3. The molecule has 0 bridgehead atoms. The highest BCUT2D eigenvalue weighted by atomic mass is 35.5. The first-order chi connectivity index (χ1) is 12.3. The Morgan fingerprint density at radius 3 is 2.38 bits per heavy atom. The molecule has 2 amide bonds. The van der Waals surface area contributed by atoms with Crippen LogP contribution in [0.1, 0.15) is 35.7 Å². The van der Waals surface area contributed by atoms with Crippen LogP contribution in [0.25, 0.3) is 0 Å². The predicted molar refractivity (Wildman–Crippen MR) is 104 cm³/mol. The maximum Gasteiger partial charge on any atom is 0.254 e. The topological polar surface area (TPSA) is 58.6 Å². The molecule has 138 valence electrons. The zero-order valence-electron chi connectivity index (χ0n) is 15.4. The Morgan fingerprint density at radius 2 is 1.81 bits per heavy atom. The molecule has 2 aromatic rings. The molecule has 2 aromatic carbocycles. The second-order valence-electron chi connectivity index (χ2n) is 6.33. The third kappa shape index (κ3) is 4.99. The van der Waals surface area contributed by atoms with Gasteiger partial charge in [0.1, 0.15) is 5.75 Å². The maximum absolute atomic E-state index is 12.5. The predicted octanol–water partition coefficient (Wildman–Crippen LogP) is 4.18. The zero-order valence-corrected chi connectivity index (χ0v) is 16.1. The van der Waals surface area contributed by atoms with E-state index in [9.17, 15) is 9.59 Å². The molecule has 5 nitrogen and oxygen atoms in total. The number of ether oxygens (including phenoxy) is 1. The number of carbonyl (C=O) groups is 2. The van der Waals surface area contributed by atoms with E-state index in [2.05, 4.69) is 19.2 Å². The van der Waals surface area contributed by atoms with Crippen LogP contribution in [0.5, 0.6) is 5.75 Å². The fraction of sp³-hybridized carbons (Fsp3) is 0.300. The van der Waals surface area contributed by atoms with E-state index >= 15 is 0 Å². The minimum atomic E-state index is -0.333. The van der Waals surface area contributed by atoms with Crippen molar-refractivity contribution in [3.05, 3.63) is 58.6 Å².